The monoisotopic (exact) mass is 492 g/mol. The van der Waals surface area contributed by atoms with Crippen molar-refractivity contribution in [1.29, 1.82) is 0 Å². The van der Waals surface area contributed by atoms with Crippen LogP contribution in [0.5, 0.6) is 0 Å². The molecule has 6 nitrogen and oxygen atoms in total. The molecule has 0 saturated heterocycles. The number of hydrogen-bond acceptors (Lipinski definition) is 4. The molecule has 1 heterocycles. The Morgan fingerprint density at radius 3 is 2.34 bits per heavy atom. The molecule has 1 aromatic carbocycles. The zero-order chi connectivity index (χ0) is 23.8. The lowest BCUT2D eigenvalue weighted by Gasteiger charge is -2.36. The lowest BCUT2D eigenvalue weighted by Crippen LogP contribution is -2.66. The molecule has 11 heteroatoms. The number of nitrogens with one attached hydrogen (secondary N) is 1. The van der Waals surface area contributed by atoms with Crippen molar-refractivity contribution in [1.82, 2.24) is 10.2 Å². The van der Waals surface area contributed by atoms with Crippen LogP contribution < -0.4 is 5.32 Å². The smallest absolute Gasteiger partial charge is 0.425 e. The van der Waals surface area contributed by atoms with Gasteiger partial charge in [-0.1, -0.05) is 42.5 Å². The Hall–Kier alpha value is -2.26. The number of benzene rings is 1. The highest BCUT2D eigenvalue weighted by atomic mass is 35.5. The molecule has 32 heavy (non-hydrogen) atoms. The number of esters is 1. The number of methoxy groups -OCH3 is 1. The van der Waals surface area contributed by atoms with Crippen molar-refractivity contribution >= 4 is 41.0 Å². The van der Waals surface area contributed by atoms with Crippen LogP contribution in [-0.2, 0) is 14.3 Å². The summed E-state index contributed by atoms with van der Waals surface area (Å²) in [6.45, 7) is 1.26. The van der Waals surface area contributed by atoms with Crippen LogP contribution in [0.2, 0.25) is 10.0 Å². The number of allylic oxidation sites excluding steroid dienone is 1. The Morgan fingerprint density at radius 2 is 1.81 bits per heavy atom. The quantitative estimate of drug-likeness (QED) is 0.620. The first kappa shape index (κ1) is 24.4. The maximum Gasteiger partial charge on any atom is 0.425 e. The van der Waals surface area contributed by atoms with Crippen LogP contribution in [0, 0.1) is 0 Å². The van der Waals surface area contributed by atoms with E-state index in [1.807, 2.05) is 0 Å². The summed E-state index contributed by atoms with van der Waals surface area (Å²) in [5.74, 6) is -4.07. The average Bonchev–Trinajstić information content (AvgIpc) is 2.95. The summed E-state index contributed by atoms with van der Waals surface area (Å²) in [6.07, 6.45) is -1.98. The molecule has 0 bridgehead atoms. The minimum absolute atomic E-state index is 0.170. The van der Waals surface area contributed by atoms with Gasteiger partial charge in [0.15, 0.2) is 0 Å². The van der Waals surface area contributed by atoms with Crippen LogP contribution in [-0.4, -0.2) is 47.6 Å². The van der Waals surface area contributed by atoms with Gasteiger partial charge >= 0.3 is 12.1 Å². The maximum atomic E-state index is 14.6. The topological polar surface area (TPSA) is 75.7 Å². The van der Waals surface area contributed by atoms with Gasteiger partial charge in [-0.2, -0.15) is 13.2 Å². The second-order valence-electron chi connectivity index (χ2n) is 7.75. The van der Waals surface area contributed by atoms with Crippen molar-refractivity contribution in [2.45, 2.75) is 56.8 Å². The van der Waals surface area contributed by atoms with E-state index >= 15 is 0 Å². The molecule has 2 aliphatic rings. The predicted molar refractivity (Wildman–Crippen MR) is 111 cm³/mol. The summed E-state index contributed by atoms with van der Waals surface area (Å²) in [4.78, 5) is 39.8. The van der Waals surface area contributed by atoms with Gasteiger partial charge in [0, 0.05) is 16.8 Å². The standard InChI is InChI=1S/C21H21Cl2F3N2O4/c1-11-16(18(30)32-2)20(21(24,25)26,19(31)28(11)13-6-4-3-5-7-13)27-17(29)14-9-8-12(22)10-15(14)23/h8-10,13H,3-7H2,1-2H3,(H,27,29)/t20-/m0/s1. The minimum Gasteiger partial charge on any atom is -0.466 e. The van der Waals surface area contributed by atoms with Gasteiger partial charge < -0.3 is 15.0 Å². The number of alkyl halides is 3. The second-order valence-corrected chi connectivity index (χ2v) is 8.59. The van der Waals surface area contributed by atoms with Gasteiger partial charge in [0.25, 0.3) is 17.4 Å². The highest BCUT2D eigenvalue weighted by molar-refractivity contribution is 6.36. The van der Waals surface area contributed by atoms with Gasteiger partial charge in [-0.05, 0) is 38.0 Å². The molecular weight excluding hydrogens is 472 g/mol. The summed E-state index contributed by atoms with van der Waals surface area (Å²) >= 11 is 11.8. The Kier molecular flexibility index (Phi) is 6.81. The Morgan fingerprint density at radius 1 is 1.19 bits per heavy atom. The molecule has 0 radical (unpaired) electrons. The summed E-state index contributed by atoms with van der Waals surface area (Å²) in [5.41, 5.74) is -5.08. The fraction of sp³-hybridized carbons (Fsp3) is 0.476. The third kappa shape index (κ3) is 3.96. The van der Waals surface area contributed by atoms with Gasteiger partial charge in [-0.3, -0.25) is 9.59 Å². The van der Waals surface area contributed by atoms with E-state index in [1.54, 1.807) is 5.32 Å². The van der Waals surface area contributed by atoms with Crippen LogP contribution in [0.1, 0.15) is 49.4 Å². The van der Waals surface area contributed by atoms with E-state index in [4.69, 9.17) is 23.2 Å². The van der Waals surface area contributed by atoms with Crippen LogP contribution in [0.4, 0.5) is 13.2 Å². The van der Waals surface area contributed by atoms with Crippen molar-refractivity contribution in [3.63, 3.8) is 0 Å². The first-order valence-electron chi connectivity index (χ1n) is 9.93. The lowest BCUT2D eigenvalue weighted by atomic mass is 9.88. The Balaban J connectivity index is 2.16. The van der Waals surface area contributed by atoms with Crippen LogP contribution >= 0.6 is 23.2 Å². The molecular formula is C21H21Cl2F3N2O4. The predicted octanol–water partition coefficient (Wildman–Crippen LogP) is 4.65. The number of carbonyl (C=O) groups excluding carboxylic acids is 3. The normalized spacial score (nSPS) is 22.3. The van der Waals surface area contributed by atoms with Gasteiger partial charge in [0.1, 0.15) is 5.57 Å². The van der Waals surface area contributed by atoms with Gasteiger partial charge in [0.05, 0.1) is 17.7 Å². The van der Waals surface area contributed by atoms with E-state index < -0.39 is 41.1 Å². The molecule has 0 aromatic heterocycles. The fourth-order valence-electron chi connectivity index (χ4n) is 4.37. The average molecular weight is 493 g/mol. The molecule has 1 aromatic rings. The Bertz CT molecular complexity index is 990. The molecule has 0 spiro atoms. The number of carbonyl (C=O) groups is 3. The van der Waals surface area contributed by atoms with E-state index in [-0.39, 0.29) is 21.3 Å². The molecule has 174 valence electrons. The van der Waals surface area contributed by atoms with E-state index in [0.29, 0.717) is 12.8 Å². The maximum absolute atomic E-state index is 14.6. The second kappa shape index (κ2) is 8.94. The third-order valence-electron chi connectivity index (χ3n) is 5.87. The third-order valence-corrected chi connectivity index (χ3v) is 6.42. The zero-order valence-electron chi connectivity index (χ0n) is 17.3. The SMILES string of the molecule is COC(=O)C1=C(C)N(C2CCCCC2)C(=O)[C@]1(NC(=O)c1ccc(Cl)cc1Cl)C(F)(F)F. The van der Waals surface area contributed by atoms with Gasteiger partial charge in [0.2, 0.25) is 0 Å². The van der Waals surface area contributed by atoms with E-state index in [0.717, 1.165) is 37.3 Å². The fourth-order valence-corrected chi connectivity index (χ4v) is 4.87. The number of hydrogen-bond donors (Lipinski definition) is 1. The number of halogens is 5. The summed E-state index contributed by atoms with van der Waals surface area (Å²) in [7, 11) is 0.912. The number of amides is 2. The van der Waals surface area contributed by atoms with Crippen molar-refractivity contribution in [2.75, 3.05) is 7.11 Å². The van der Waals surface area contributed by atoms with Crippen LogP contribution in [0.25, 0.3) is 0 Å². The molecule has 0 unspecified atom stereocenters. The van der Waals surface area contributed by atoms with E-state index in [2.05, 4.69) is 4.74 Å². The molecule has 1 N–H and O–H groups in total. The van der Waals surface area contributed by atoms with E-state index in [9.17, 15) is 27.6 Å². The lowest BCUT2D eigenvalue weighted by molar-refractivity contribution is -0.193. The summed E-state index contributed by atoms with van der Waals surface area (Å²) in [6, 6.07) is 3.08. The Labute approximate surface area is 192 Å². The molecule has 1 aliphatic heterocycles. The van der Waals surface area contributed by atoms with Gasteiger partial charge in [-0.25, -0.2) is 4.79 Å². The first-order valence-corrected chi connectivity index (χ1v) is 10.7. The molecule has 2 amide bonds. The zero-order valence-corrected chi connectivity index (χ0v) is 18.8. The number of rotatable bonds is 4. The minimum atomic E-state index is -5.34. The molecule has 1 atom stereocenters. The number of ether oxygens (including phenoxy) is 1. The molecule has 1 saturated carbocycles. The van der Waals surface area contributed by atoms with Crippen molar-refractivity contribution < 1.29 is 32.3 Å². The molecule has 1 aliphatic carbocycles. The largest absolute Gasteiger partial charge is 0.466 e. The van der Waals surface area contributed by atoms with Gasteiger partial charge in [-0.15, -0.1) is 0 Å². The number of nitrogens with zero attached hydrogens (tertiary/aromatic N) is 1. The molecule has 1 fully saturated rings. The van der Waals surface area contributed by atoms with Crippen molar-refractivity contribution in [3.8, 4) is 0 Å². The highest BCUT2D eigenvalue weighted by Gasteiger charge is 2.71. The summed E-state index contributed by atoms with van der Waals surface area (Å²) < 4.78 is 48.4. The van der Waals surface area contributed by atoms with Crippen LogP contribution in [0.3, 0.4) is 0 Å². The van der Waals surface area contributed by atoms with Crippen molar-refractivity contribution in [2.24, 2.45) is 0 Å². The first-order chi connectivity index (χ1) is 15.0. The molecule has 3 rings (SSSR count). The van der Waals surface area contributed by atoms with Crippen molar-refractivity contribution in [3.05, 3.63) is 45.1 Å². The highest BCUT2D eigenvalue weighted by Crippen LogP contribution is 2.47. The van der Waals surface area contributed by atoms with Crippen LogP contribution in [0.15, 0.2) is 29.5 Å². The summed E-state index contributed by atoms with van der Waals surface area (Å²) in [5, 5.41) is 1.75. The van der Waals surface area contributed by atoms with E-state index in [1.165, 1.54) is 19.1 Å².